The molecule has 3 nitrogen and oxygen atoms in total. The van der Waals surface area contributed by atoms with Crippen molar-refractivity contribution in [2.24, 2.45) is 0 Å². The second-order valence-electron chi connectivity index (χ2n) is 5.11. The van der Waals surface area contributed by atoms with Crippen LogP contribution in [0, 0.1) is 0 Å². The first-order chi connectivity index (χ1) is 11.6. The van der Waals surface area contributed by atoms with E-state index < -0.39 is 5.97 Å². The third kappa shape index (κ3) is 3.94. The van der Waals surface area contributed by atoms with Gasteiger partial charge in [-0.3, -0.25) is 4.98 Å². The van der Waals surface area contributed by atoms with Crippen LogP contribution in [0.1, 0.15) is 11.1 Å². The summed E-state index contributed by atoms with van der Waals surface area (Å²) in [7, 11) is 0. The minimum absolute atomic E-state index is 0.166. The largest absolute Gasteiger partial charge is 0.458 e. The predicted molar refractivity (Wildman–Crippen MR) is 97.0 cm³/mol. The van der Waals surface area contributed by atoms with Crippen LogP contribution in [0.25, 0.3) is 17.0 Å². The first-order valence-electron chi connectivity index (χ1n) is 7.26. The normalized spacial score (nSPS) is 11.1. The summed E-state index contributed by atoms with van der Waals surface area (Å²) in [6.45, 7) is 0.166. The van der Waals surface area contributed by atoms with E-state index in [1.807, 2.05) is 30.3 Å². The van der Waals surface area contributed by atoms with Crippen molar-refractivity contribution in [1.82, 2.24) is 4.98 Å². The summed E-state index contributed by atoms with van der Waals surface area (Å²) in [5.41, 5.74) is 2.47. The molecule has 0 aliphatic carbocycles. The van der Waals surface area contributed by atoms with E-state index in [9.17, 15) is 4.79 Å². The van der Waals surface area contributed by atoms with Crippen molar-refractivity contribution in [3.63, 3.8) is 0 Å². The van der Waals surface area contributed by atoms with Crippen molar-refractivity contribution in [3.8, 4) is 0 Å². The lowest BCUT2D eigenvalue weighted by atomic mass is 10.1. The van der Waals surface area contributed by atoms with Crippen LogP contribution in [-0.2, 0) is 16.1 Å². The number of nitrogens with zero attached hydrogens (tertiary/aromatic N) is 1. The van der Waals surface area contributed by atoms with Gasteiger partial charge < -0.3 is 4.74 Å². The Bertz CT molecular complexity index is 917. The number of aromatic nitrogens is 1. The third-order valence-electron chi connectivity index (χ3n) is 3.44. The molecule has 1 aromatic heterocycles. The van der Waals surface area contributed by atoms with Gasteiger partial charge in [-0.15, -0.1) is 0 Å². The second kappa shape index (κ2) is 7.47. The smallest absolute Gasteiger partial charge is 0.331 e. The molecular formula is C19H13Cl2NO2. The van der Waals surface area contributed by atoms with Crippen molar-refractivity contribution in [2.45, 2.75) is 6.61 Å². The Morgan fingerprint density at radius 2 is 1.92 bits per heavy atom. The topological polar surface area (TPSA) is 39.2 Å². The number of ether oxygens (including phenoxy) is 1. The SMILES string of the molecule is O=C(C=Cc1ccc(Cl)c(Cl)c1)OCc1cccc2cccnc12. The Balaban J connectivity index is 1.66. The highest BCUT2D eigenvalue weighted by Crippen LogP contribution is 2.23. The molecule has 0 N–H and O–H groups in total. The lowest BCUT2D eigenvalue weighted by Crippen LogP contribution is -2.01. The van der Waals surface area contributed by atoms with E-state index in [2.05, 4.69) is 4.98 Å². The van der Waals surface area contributed by atoms with Gasteiger partial charge in [-0.2, -0.15) is 0 Å². The molecule has 1 heterocycles. The van der Waals surface area contributed by atoms with E-state index in [-0.39, 0.29) is 6.61 Å². The number of esters is 1. The number of halogens is 2. The maximum Gasteiger partial charge on any atom is 0.331 e. The van der Waals surface area contributed by atoms with Crippen LogP contribution in [0.3, 0.4) is 0 Å². The van der Waals surface area contributed by atoms with E-state index >= 15 is 0 Å². The van der Waals surface area contributed by atoms with E-state index in [1.54, 1.807) is 30.5 Å². The van der Waals surface area contributed by atoms with Gasteiger partial charge in [-0.1, -0.05) is 53.5 Å². The second-order valence-corrected chi connectivity index (χ2v) is 5.92. The lowest BCUT2D eigenvalue weighted by molar-refractivity contribution is -0.138. The molecule has 0 aliphatic rings. The molecule has 0 bridgehead atoms. The number of benzene rings is 2. The van der Waals surface area contributed by atoms with Crippen LogP contribution in [0.15, 0.2) is 60.8 Å². The van der Waals surface area contributed by atoms with Gasteiger partial charge in [0.05, 0.1) is 15.6 Å². The molecule has 0 amide bonds. The number of para-hydroxylation sites is 1. The van der Waals surface area contributed by atoms with Gasteiger partial charge in [0.15, 0.2) is 0 Å². The fourth-order valence-electron chi connectivity index (χ4n) is 2.26. The van der Waals surface area contributed by atoms with Gasteiger partial charge in [-0.05, 0) is 29.8 Å². The van der Waals surface area contributed by atoms with Gasteiger partial charge in [0, 0.05) is 23.2 Å². The Morgan fingerprint density at radius 1 is 1.08 bits per heavy atom. The summed E-state index contributed by atoms with van der Waals surface area (Å²) < 4.78 is 5.29. The minimum Gasteiger partial charge on any atom is -0.458 e. The summed E-state index contributed by atoms with van der Waals surface area (Å²) >= 11 is 11.8. The minimum atomic E-state index is -0.436. The van der Waals surface area contributed by atoms with Crippen LogP contribution in [0.2, 0.25) is 10.0 Å². The lowest BCUT2D eigenvalue weighted by Gasteiger charge is -2.05. The van der Waals surface area contributed by atoms with Crippen LogP contribution >= 0.6 is 23.2 Å². The van der Waals surface area contributed by atoms with E-state index in [0.29, 0.717) is 10.0 Å². The van der Waals surface area contributed by atoms with E-state index in [1.165, 1.54) is 6.08 Å². The average Bonchev–Trinajstić information content (AvgIpc) is 2.61. The number of hydrogen-bond donors (Lipinski definition) is 0. The van der Waals surface area contributed by atoms with Gasteiger partial charge in [0.2, 0.25) is 0 Å². The third-order valence-corrected chi connectivity index (χ3v) is 4.18. The maximum atomic E-state index is 11.9. The maximum absolute atomic E-state index is 11.9. The first kappa shape index (κ1) is 16.5. The predicted octanol–water partition coefficient (Wildman–Crippen LogP) is 5.30. The molecule has 0 atom stereocenters. The van der Waals surface area contributed by atoms with Gasteiger partial charge in [0.1, 0.15) is 6.61 Å². The number of hydrogen-bond acceptors (Lipinski definition) is 3. The standard InChI is InChI=1S/C19H13Cl2NO2/c20-16-8-6-13(11-17(16)21)7-9-18(23)24-12-15-4-1-3-14-5-2-10-22-19(14)15/h1-11H,12H2. The molecule has 24 heavy (non-hydrogen) atoms. The van der Waals surface area contributed by atoms with Crippen LogP contribution in [-0.4, -0.2) is 11.0 Å². The Kier molecular flexibility index (Phi) is 5.14. The van der Waals surface area contributed by atoms with Crippen LogP contribution in [0.4, 0.5) is 0 Å². The zero-order valence-corrected chi connectivity index (χ0v) is 14.1. The molecule has 0 unspecified atom stereocenters. The van der Waals surface area contributed by atoms with Crippen molar-refractivity contribution >= 4 is 46.2 Å². The molecule has 2 aromatic carbocycles. The number of rotatable bonds is 4. The van der Waals surface area contributed by atoms with E-state index in [0.717, 1.165) is 22.0 Å². The molecule has 0 saturated carbocycles. The average molecular weight is 358 g/mol. The molecular weight excluding hydrogens is 345 g/mol. The van der Waals surface area contributed by atoms with Crippen molar-refractivity contribution in [1.29, 1.82) is 0 Å². The summed E-state index contributed by atoms with van der Waals surface area (Å²) in [5, 5.41) is 1.92. The molecule has 120 valence electrons. The monoisotopic (exact) mass is 357 g/mol. The Labute approximate surface area is 149 Å². The highest BCUT2D eigenvalue weighted by atomic mass is 35.5. The fourth-order valence-corrected chi connectivity index (χ4v) is 2.57. The summed E-state index contributed by atoms with van der Waals surface area (Å²) in [5.74, 6) is -0.436. The molecule has 0 aliphatic heterocycles. The van der Waals surface area contributed by atoms with E-state index in [4.69, 9.17) is 27.9 Å². The van der Waals surface area contributed by atoms with Gasteiger partial charge in [-0.25, -0.2) is 4.79 Å². The molecule has 0 spiro atoms. The number of carbonyl (C=O) groups excluding carboxylic acids is 1. The zero-order valence-electron chi connectivity index (χ0n) is 12.6. The summed E-state index contributed by atoms with van der Waals surface area (Å²) in [6, 6.07) is 14.8. The molecule has 5 heteroatoms. The molecule has 0 fully saturated rings. The highest BCUT2D eigenvalue weighted by molar-refractivity contribution is 6.42. The zero-order chi connectivity index (χ0) is 16.9. The first-order valence-corrected chi connectivity index (χ1v) is 8.01. The summed E-state index contributed by atoms with van der Waals surface area (Å²) in [4.78, 5) is 16.2. The Morgan fingerprint density at radius 3 is 2.75 bits per heavy atom. The highest BCUT2D eigenvalue weighted by Gasteiger charge is 2.04. The molecule has 3 aromatic rings. The van der Waals surface area contributed by atoms with Crippen LogP contribution in [0.5, 0.6) is 0 Å². The van der Waals surface area contributed by atoms with Crippen molar-refractivity contribution in [2.75, 3.05) is 0 Å². The number of carbonyl (C=O) groups is 1. The number of pyridine rings is 1. The fraction of sp³-hybridized carbons (Fsp3) is 0.0526. The Hall–Kier alpha value is -2.36. The quantitative estimate of drug-likeness (QED) is 0.469. The molecule has 0 saturated heterocycles. The van der Waals surface area contributed by atoms with Crippen molar-refractivity contribution < 1.29 is 9.53 Å². The van der Waals surface area contributed by atoms with Gasteiger partial charge in [0.25, 0.3) is 0 Å². The van der Waals surface area contributed by atoms with Gasteiger partial charge >= 0.3 is 5.97 Å². The van der Waals surface area contributed by atoms with Crippen molar-refractivity contribution in [3.05, 3.63) is 82.0 Å². The van der Waals surface area contributed by atoms with Crippen LogP contribution < -0.4 is 0 Å². The summed E-state index contributed by atoms with van der Waals surface area (Å²) in [6.07, 6.45) is 4.71. The molecule has 3 rings (SSSR count). The molecule has 0 radical (unpaired) electrons. The number of fused-ring (bicyclic) bond motifs is 1.